The number of pyridine rings is 1. The van der Waals surface area contributed by atoms with E-state index in [9.17, 15) is 9.59 Å². The number of nitrogen functional groups attached to an aromatic ring is 1. The van der Waals surface area contributed by atoms with E-state index in [1.165, 1.54) is 18.6 Å². The summed E-state index contributed by atoms with van der Waals surface area (Å²) in [6.45, 7) is 2.24. The number of carbonyl (C=O) groups is 1. The Kier molecular flexibility index (Phi) is 7.56. The first-order valence-corrected chi connectivity index (χ1v) is 12.8. The van der Waals surface area contributed by atoms with Crippen LogP contribution >= 0.6 is 11.6 Å². The molecule has 5 aromatic rings. The minimum atomic E-state index is -1.05. The van der Waals surface area contributed by atoms with Crippen LogP contribution in [-0.4, -0.2) is 35.6 Å². The predicted octanol–water partition coefficient (Wildman–Crippen LogP) is 4.68. The second-order valence-corrected chi connectivity index (χ2v) is 9.25. The lowest BCUT2D eigenvalue weighted by Gasteiger charge is -2.23. The first kappa shape index (κ1) is 26.6. The highest BCUT2D eigenvalue weighted by Crippen LogP contribution is 2.30. The van der Waals surface area contributed by atoms with Crippen molar-refractivity contribution < 1.29 is 9.90 Å². The third-order valence-corrected chi connectivity index (χ3v) is 6.69. The number of nitrogens with one attached hydrogen (secondary N) is 2. The van der Waals surface area contributed by atoms with Gasteiger partial charge in [-0.25, -0.2) is 19.7 Å². The normalized spacial score (nSPS) is 11.8. The van der Waals surface area contributed by atoms with Gasteiger partial charge in [-0.2, -0.15) is 0 Å². The number of halogens is 1. The monoisotopic (exact) mass is 556 g/mol. The van der Waals surface area contributed by atoms with Gasteiger partial charge in [-0.3, -0.25) is 14.3 Å². The maximum Gasteiger partial charge on any atom is 0.337 e. The number of carboxylic acid groups (broad SMARTS) is 1. The maximum absolute atomic E-state index is 14.2. The molecule has 11 nitrogen and oxygen atoms in total. The standard InChI is InChI=1S/C28H25ClN8O3/c1-2-19(35-25-23(29)24(30)33-15-34-25)26-36-21-10-6-9-20(32-14-17-12-11-16(13-31-17)28(39)40)22(21)27(38)37(26)18-7-4-3-5-8-18/h3-13,15,19,32H,2,14H2,1H3,(H,39,40)(H3,30,33,34,35)/t19-/m0/s1. The van der Waals surface area contributed by atoms with Gasteiger partial charge in [0.25, 0.3) is 5.56 Å². The van der Waals surface area contributed by atoms with Crippen molar-refractivity contribution in [1.29, 1.82) is 0 Å². The number of carboxylic acids is 1. The van der Waals surface area contributed by atoms with Gasteiger partial charge in [0.05, 0.1) is 40.4 Å². The van der Waals surface area contributed by atoms with E-state index in [2.05, 4.69) is 25.6 Å². The van der Waals surface area contributed by atoms with Crippen LogP contribution in [0.4, 0.5) is 17.3 Å². The Morgan fingerprint density at radius 2 is 1.88 bits per heavy atom. The van der Waals surface area contributed by atoms with Crippen molar-refractivity contribution in [3.63, 3.8) is 0 Å². The molecule has 0 saturated heterocycles. The van der Waals surface area contributed by atoms with Gasteiger partial charge < -0.3 is 21.5 Å². The number of benzene rings is 2. The predicted molar refractivity (Wildman–Crippen MR) is 154 cm³/mol. The van der Waals surface area contributed by atoms with Gasteiger partial charge in [-0.05, 0) is 42.8 Å². The molecule has 12 heteroatoms. The summed E-state index contributed by atoms with van der Waals surface area (Å²) >= 11 is 6.35. The largest absolute Gasteiger partial charge is 0.478 e. The second kappa shape index (κ2) is 11.4. The van der Waals surface area contributed by atoms with Crippen LogP contribution < -0.4 is 21.9 Å². The average molecular weight is 557 g/mol. The Labute approximate surface area is 233 Å². The molecule has 40 heavy (non-hydrogen) atoms. The Hall–Kier alpha value is -5.03. The van der Waals surface area contributed by atoms with Crippen molar-refractivity contribution in [2.45, 2.75) is 25.9 Å². The third kappa shape index (κ3) is 5.27. The van der Waals surface area contributed by atoms with Crippen LogP contribution in [0.15, 0.2) is 78.0 Å². The van der Waals surface area contributed by atoms with Gasteiger partial charge in [0.2, 0.25) is 0 Å². The van der Waals surface area contributed by atoms with Gasteiger partial charge in [0.15, 0.2) is 5.82 Å². The first-order valence-electron chi connectivity index (χ1n) is 12.4. The topological polar surface area (TPSA) is 161 Å². The van der Waals surface area contributed by atoms with E-state index in [4.69, 9.17) is 27.4 Å². The second-order valence-electron chi connectivity index (χ2n) is 8.87. The number of rotatable bonds is 9. The third-order valence-electron chi connectivity index (χ3n) is 6.32. The van der Waals surface area contributed by atoms with Gasteiger partial charge in [0.1, 0.15) is 23.0 Å². The number of aromatic carboxylic acids is 1. The van der Waals surface area contributed by atoms with E-state index in [0.29, 0.717) is 46.0 Å². The van der Waals surface area contributed by atoms with Gasteiger partial charge in [0, 0.05) is 11.9 Å². The smallest absolute Gasteiger partial charge is 0.337 e. The molecule has 0 amide bonds. The van der Waals surface area contributed by atoms with E-state index in [-0.39, 0.29) is 28.5 Å². The molecule has 1 atom stereocenters. The highest BCUT2D eigenvalue weighted by molar-refractivity contribution is 6.35. The number of hydrogen-bond donors (Lipinski definition) is 4. The average Bonchev–Trinajstić information content (AvgIpc) is 2.97. The SMILES string of the molecule is CC[C@H](Nc1ncnc(N)c1Cl)c1nc2cccc(NCc3ccc(C(=O)O)cn3)c2c(=O)n1-c1ccccc1. The maximum atomic E-state index is 14.2. The zero-order chi connectivity index (χ0) is 28.2. The molecule has 0 aliphatic heterocycles. The van der Waals surface area contributed by atoms with Crippen molar-refractivity contribution in [3.05, 3.63) is 106 Å². The Bertz CT molecular complexity index is 1740. The molecule has 0 saturated carbocycles. The van der Waals surface area contributed by atoms with Crippen molar-refractivity contribution in [2.24, 2.45) is 0 Å². The van der Waals surface area contributed by atoms with E-state index in [0.717, 1.165) is 0 Å². The molecular weight excluding hydrogens is 532 g/mol. The van der Waals surface area contributed by atoms with E-state index < -0.39 is 12.0 Å². The number of nitrogens with zero attached hydrogens (tertiary/aromatic N) is 5. The number of aromatic nitrogens is 5. The minimum Gasteiger partial charge on any atom is -0.478 e. The molecule has 0 fully saturated rings. The number of hydrogen-bond acceptors (Lipinski definition) is 9. The summed E-state index contributed by atoms with van der Waals surface area (Å²) in [6.07, 6.45) is 3.17. The van der Waals surface area contributed by atoms with Crippen molar-refractivity contribution in [2.75, 3.05) is 16.4 Å². The van der Waals surface area contributed by atoms with Crippen LogP contribution in [0, 0.1) is 0 Å². The number of anilines is 3. The molecule has 2 aromatic carbocycles. The van der Waals surface area contributed by atoms with Crippen LogP contribution in [0.1, 0.15) is 41.3 Å². The summed E-state index contributed by atoms with van der Waals surface area (Å²) < 4.78 is 1.58. The lowest BCUT2D eigenvalue weighted by Crippen LogP contribution is -2.29. The summed E-state index contributed by atoms with van der Waals surface area (Å²) in [5.41, 5.74) is 8.04. The van der Waals surface area contributed by atoms with Crippen LogP contribution in [0.5, 0.6) is 0 Å². The van der Waals surface area contributed by atoms with E-state index >= 15 is 0 Å². The number of fused-ring (bicyclic) bond motifs is 1. The van der Waals surface area contributed by atoms with Crippen molar-refractivity contribution in [1.82, 2.24) is 24.5 Å². The summed E-state index contributed by atoms with van der Waals surface area (Å²) in [6, 6.07) is 17.3. The van der Waals surface area contributed by atoms with E-state index in [1.54, 1.807) is 22.8 Å². The first-order chi connectivity index (χ1) is 19.4. The van der Waals surface area contributed by atoms with Gasteiger partial charge >= 0.3 is 5.97 Å². The van der Waals surface area contributed by atoms with Gasteiger partial charge in [-0.15, -0.1) is 0 Å². The molecule has 202 valence electrons. The van der Waals surface area contributed by atoms with Crippen LogP contribution in [0.2, 0.25) is 5.02 Å². The molecule has 3 aromatic heterocycles. The molecule has 5 N–H and O–H groups in total. The lowest BCUT2D eigenvalue weighted by molar-refractivity contribution is 0.0696. The molecule has 0 aliphatic rings. The summed E-state index contributed by atoms with van der Waals surface area (Å²) in [5.74, 6) is -0.0900. The molecule has 0 unspecified atom stereocenters. The van der Waals surface area contributed by atoms with Crippen LogP contribution in [0.25, 0.3) is 16.6 Å². The fourth-order valence-electron chi connectivity index (χ4n) is 4.29. The number of para-hydroxylation sites is 1. The zero-order valence-electron chi connectivity index (χ0n) is 21.4. The molecule has 0 radical (unpaired) electrons. The lowest BCUT2D eigenvalue weighted by atomic mass is 10.1. The van der Waals surface area contributed by atoms with Crippen molar-refractivity contribution in [3.8, 4) is 5.69 Å². The molecule has 0 aliphatic carbocycles. The summed E-state index contributed by atoms with van der Waals surface area (Å²) in [4.78, 5) is 42.6. The molecule has 3 heterocycles. The summed E-state index contributed by atoms with van der Waals surface area (Å²) in [7, 11) is 0. The zero-order valence-corrected chi connectivity index (χ0v) is 22.1. The Balaban J connectivity index is 1.60. The molecule has 0 bridgehead atoms. The molecule has 5 rings (SSSR count). The Morgan fingerprint density at radius 1 is 1.07 bits per heavy atom. The fraction of sp³-hybridized carbons (Fsp3) is 0.143. The van der Waals surface area contributed by atoms with Crippen LogP contribution in [-0.2, 0) is 6.54 Å². The fourth-order valence-corrected chi connectivity index (χ4v) is 4.45. The number of nitrogens with two attached hydrogens (primary N) is 1. The quantitative estimate of drug-likeness (QED) is 0.200. The molecular formula is C28H25ClN8O3. The minimum absolute atomic E-state index is 0.0985. The van der Waals surface area contributed by atoms with Gasteiger partial charge in [-0.1, -0.05) is 42.8 Å². The highest BCUT2D eigenvalue weighted by Gasteiger charge is 2.23. The molecule has 0 spiro atoms. The Morgan fingerprint density at radius 3 is 2.58 bits per heavy atom. The highest BCUT2D eigenvalue weighted by atomic mass is 35.5. The summed E-state index contributed by atoms with van der Waals surface area (Å²) in [5, 5.41) is 16.2. The van der Waals surface area contributed by atoms with Crippen molar-refractivity contribution >= 4 is 45.8 Å². The van der Waals surface area contributed by atoms with E-state index in [1.807, 2.05) is 43.3 Å². The van der Waals surface area contributed by atoms with Crippen LogP contribution in [0.3, 0.4) is 0 Å².